The number of carbonyl (C=O) groups is 3. The predicted molar refractivity (Wildman–Crippen MR) is 154 cm³/mol. The largest absolute Gasteiger partial charge is 0.444 e. The summed E-state index contributed by atoms with van der Waals surface area (Å²) in [7, 11) is 0. The lowest BCUT2D eigenvalue weighted by atomic mass is 9.97. The first kappa shape index (κ1) is 29.8. The van der Waals surface area contributed by atoms with Crippen LogP contribution in [0.25, 0.3) is 0 Å². The van der Waals surface area contributed by atoms with Gasteiger partial charge in [-0.3, -0.25) is 9.59 Å². The van der Waals surface area contributed by atoms with Gasteiger partial charge in [0, 0.05) is 17.3 Å². The average Bonchev–Trinajstić information content (AvgIpc) is 3.57. The maximum Gasteiger partial charge on any atom is 0.408 e. The normalized spacial score (nSPS) is 17.9. The highest BCUT2D eigenvalue weighted by atomic mass is 16.6. The number of alkyl carbamates (subject to hydrolysis) is 1. The lowest BCUT2D eigenvalue weighted by molar-refractivity contribution is -0.142. The van der Waals surface area contributed by atoms with E-state index in [4.69, 9.17) is 11.2 Å². The first-order chi connectivity index (χ1) is 18.2. The molecule has 7 heteroatoms. The van der Waals surface area contributed by atoms with Gasteiger partial charge < -0.3 is 20.3 Å². The van der Waals surface area contributed by atoms with Gasteiger partial charge in [0.2, 0.25) is 5.91 Å². The Morgan fingerprint density at radius 2 is 1.62 bits per heavy atom. The van der Waals surface area contributed by atoms with Gasteiger partial charge in [-0.05, 0) is 81.7 Å². The zero-order valence-corrected chi connectivity index (χ0v) is 24.3. The highest BCUT2D eigenvalue weighted by molar-refractivity contribution is 6.00. The fourth-order valence-electron chi connectivity index (χ4n) is 4.68. The second kappa shape index (κ2) is 11.9. The van der Waals surface area contributed by atoms with Crippen molar-refractivity contribution in [2.24, 2.45) is 11.8 Å². The second-order valence-corrected chi connectivity index (χ2v) is 11.8. The number of rotatable bonds is 8. The standard InChI is InChI=1S/C32H41N3O4/c1-10-23-14-16-24(17-15-23)28(29(36)33-27-20(4)12-11-13-21(27)5)35(25-18-22(25)6)30(37)26(19(2)3)34-31(38)39-32(7,8)9/h1,11-17,19,22,25-26,28H,18H2,2-9H3,(H,33,36)(H,34,38). The van der Waals surface area contributed by atoms with Crippen LogP contribution >= 0.6 is 0 Å². The van der Waals surface area contributed by atoms with Gasteiger partial charge in [0.15, 0.2) is 0 Å². The van der Waals surface area contributed by atoms with Gasteiger partial charge in [0.05, 0.1) is 0 Å². The Bertz CT molecular complexity index is 1230. The highest BCUT2D eigenvalue weighted by Gasteiger charge is 2.48. The molecule has 0 radical (unpaired) electrons. The van der Waals surface area contributed by atoms with Crippen LogP contribution in [0.5, 0.6) is 0 Å². The van der Waals surface area contributed by atoms with E-state index in [0.29, 0.717) is 11.1 Å². The van der Waals surface area contributed by atoms with E-state index >= 15 is 0 Å². The maximum absolute atomic E-state index is 14.3. The molecule has 208 valence electrons. The van der Waals surface area contributed by atoms with Gasteiger partial charge >= 0.3 is 6.09 Å². The summed E-state index contributed by atoms with van der Waals surface area (Å²) in [6, 6.07) is 11.0. The Labute approximate surface area is 232 Å². The van der Waals surface area contributed by atoms with Gasteiger partial charge in [-0.15, -0.1) is 6.42 Å². The molecule has 4 unspecified atom stereocenters. The Hall–Kier alpha value is -3.79. The van der Waals surface area contributed by atoms with E-state index in [-0.39, 0.29) is 29.7 Å². The molecule has 0 spiro atoms. The van der Waals surface area contributed by atoms with Crippen molar-refractivity contribution < 1.29 is 19.1 Å². The quantitative estimate of drug-likeness (QED) is 0.425. The van der Waals surface area contributed by atoms with Gasteiger partial charge in [-0.1, -0.05) is 57.0 Å². The average molecular weight is 532 g/mol. The summed E-state index contributed by atoms with van der Waals surface area (Å²) < 4.78 is 5.45. The topological polar surface area (TPSA) is 87.7 Å². The number of para-hydroxylation sites is 1. The molecule has 0 bridgehead atoms. The van der Waals surface area contributed by atoms with Crippen LogP contribution in [0.1, 0.15) is 76.3 Å². The van der Waals surface area contributed by atoms with E-state index in [1.165, 1.54) is 0 Å². The molecule has 1 aliphatic carbocycles. The monoisotopic (exact) mass is 531 g/mol. The zero-order chi connectivity index (χ0) is 29.1. The van der Waals surface area contributed by atoms with Crippen molar-refractivity contribution in [3.63, 3.8) is 0 Å². The summed E-state index contributed by atoms with van der Waals surface area (Å²) in [6.07, 6.45) is 5.66. The van der Waals surface area contributed by atoms with Crippen molar-refractivity contribution in [1.82, 2.24) is 10.2 Å². The molecule has 39 heavy (non-hydrogen) atoms. The van der Waals surface area contributed by atoms with Crippen molar-refractivity contribution in [1.29, 1.82) is 0 Å². The molecular weight excluding hydrogens is 490 g/mol. The molecule has 0 heterocycles. The van der Waals surface area contributed by atoms with Crippen molar-refractivity contribution >= 4 is 23.6 Å². The number of ether oxygens (including phenoxy) is 1. The number of hydrogen-bond donors (Lipinski definition) is 2. The third kappa shape index (κ3) is 7.41. The minimum atomic E-state index is -0.931. The molecule has 4 atom stereocenters. The zero-order valence-electron chi connectivity index (χ0n) is 24.3. The van der Waals surface area contributed by atoms with E-state index in [1.807, 2.05) is 45.9 Å². The maximum atomic E-state index is 14.3. The van der Waals surface area contributed by atoms with Crippen molar-refractivity contribution in [2.45, 2.75) is 85.5 Å². The number of nitrogens with one attached hydrogen (secondary N) is 2. The molecule has 0 aliphatic heterocycles. The minimum absolute atomic E-state index is 0.153. The lowest BCUT2D eigenvalue weighted by Crippen LogP contribution is -2.55. The molecule has 2 aromatic rings. The van der Waals surface area contributed by atoms with Crippen molar-refractivity contribution in [3.05, 3.63) is 64.7 Å². The summed E-state index contributed by atoms with van der Waals surface area (Å²) in [5.74, 6) is 1.92. The van der Waals surface area contributed by atoms with Crippen LogP contribution in [0.3, 0.4) is 0 Å². The molecule has 2 aromatic carbocycles. The molecule has 1 saturated carbocycles. The van der Waals surface area contributed by atoms with Gasteiger partial charge in [0.25, 0.3) is 5.91 Å². The molecule has 1 aliphatic rings. The number of terminal acetylenes is 1. The van der Waals surface area contributed by atoms with Gasteiger partial charge in [0.1, 0.15) is 17.7 Å². The van der Waals surface area contributed by atoms with E-state index in [1.54, 1.807) is 49.9 Å². The van der Waals surface area contributed by atoms with Gasteiger partial charge in [-0.25, -0.2) is 4.79 Å². The Morgan fingerprint density at radius 1 is 1.05 bits per heavy atom. The second-order valence-electron chi connectivity index (χ2n) is 11.8. The number of amides is 3. The number of carbonyl (C=O) groups excluding carboxylic acids is 3. The Kier molecular flexibility index (Phi) is 9.11. The van der Waals surface area contributed by atoms with Crippen LogP contribution in [0.2, 0.25) is 0 Å². The molecule has 0 saturated heterocycles. The molecule has 3 rings (SSSR count). The van der Waals surface area contributed by atoms with Crippen molar-refractivity contribution in [3.8, 4) is 12.3 Å². The number of benzene rings is 2. The van der Waals surface area contributed by atoms with Crippen LogP contribution in [0, 0.1) is 38.0 Å². The summed E-state index contributed by atoms with van der Waals surface area (Å²) in [5, 5.41) is 5.86. The van der Waals surface area contributed by atoms with Crippen LogP contribution in [-0.4, -0.2) is 40.5 Å². The first-order valence-corrected chi connectivity index (χ1v) is 13.5. The Balaban J connectivity index is 2.06. The lowest BCUT2D eigenvalue weighted by Gasteiger charge is -2.36. The summed E-state index contributed by atoms with van der Waals surface area (Å²) in [4.78, 5) is 42.7. The fraction of sp³-hybridized carbons (Fsp3) is 0.469. The van der Waals surface area contributed by atoms with Crippen LogP contribution in [0.4, 0.5) is 10.5 Å². The number of hydrogen-bond acceptors (Lipinski definition) is 4. The third-order valence-corrected chi connectivity index (χ3v) is 6.93. The van der Waals surface area contributed by atoms with E-state index < -0.39 is 23.8 Å². The van der Waals surface area contributed by atoms with E-state index in [9.17, 15) is 14.4 Å². The van der Waals surface area contributed by atoms with Crippen LogP contribution < -0.4 is 10.6 Å². The third-order valence-electron chi connectivity index (χ3n) is 6.93. The van der Waals surface area contributed by atoms with Crippen LogP contribution in [-0.2, 0) is 14.3 Å². The molecule has 7 nitrogen and oxygen atoms in total. The Morgan fingerprint density at radius 3 is 2.08 bits per heavy atom. The SMILES string of the molecule is C#Cc1ccc(C(C(=O)Nc2c(C)cccc2C)N(C(=O)C(NC(=O)OC(C)(C)C)C(C)C)C2CC2C)cc1. The van der Waals surface area contributed by atoms with Crippen LogP contribution in [0.15, 0.2) is 42.5 Å². The molecule has 2 N–H and O–H groups in total. The number of anilines is 1. The first-order valence-electron chi connectivity index (χ1n) is 13.5. The molecule has 3 amide bonds. The van der Waals surface area contributed by atoms with Gasteiger partial charge in [-0.2, -0.15) is 0 Å². The molecule has 0 aromatic heterocycles. The van der Waals surface area contributed by atoms with E-state index in [2.05, 4.69) is 23.5 Å². The highest BCUT2D eigenvalue weighted by Crippen LogP contribution is 2.41. The van der Waals surface area contributed by atoms with Crippen molar-refractivity contribution in [2.75, 3.05) is 5.32 Å². The van der Waals surface area contributed by atoms with E-state index in [0.717, 1.165) is 23.2 Å². The summed E-state index contributed by atoms with van der Waals surface area (Å²) in [5.41, 5.74) is 3.17. The fourth-order valence-corrected chi connectivity index (χ4v) is 4.68. The molecule has 1 fully saturated rings. The summed E-state index contributed by atoms with van der Waals surface area (Å²) >= 11 is 0. The predicted octanol–water partition coefficient (Wildman–Crippen LogP) is 5.75. The smallest absolute Gasteiger partial charge is 0.408 e. The minimum Gasteiger partial charge on any atom is -0.444 e. The number of aryl methyl sites for hydroxylation is 2. The molecular formula is C32H41N3O4. The summed E-state index contributed by atoms with van der Waals surface area (Å²) in [6.45, 7) is 15.0. The number of nitrogens with zero attached hydrogens (tertiary/aromatic N) is 1.